The zero-order valence-electron chi connectivity index (χ0n) is 13.2. The SMILES string of the molecule is CN(C)Cc1cc(F)cc(C=NN=C2NC(=O)C(CC(=O)O)S2)c1. The number of carbonyl (C=O) groups excluding carboxylic acids is 1. The molecule has 1 amide bonds. The quantitative estimate of drug-likeness (QED) is 0.594. The maximum absolute atomic E-state index is 13.6. The number of amidine groups is 1. The van der Waals surface area contributed by atoms with Crippen molar-refractivity contribution in [1.29, 1.82) is 0 Å². The minimum absolute atomic E-state index is 0.229. The number of amides is 1. The van der Waals surface area contributed by atoms with Crippen molar-refractivity contribution in [3.63, 3.8) is 0 Å². The first-order chi connectivity index (χ1) is 11.3. The Bertz CT molecular complexity index is 706. The third-order valence-electron chi connectivity index (χ3n) is 2.97. The van der Waals surface area contributed by atoms with Crippen LogP contribution in [-0.2, 0) is 16.1 Å². The second-order valence-corrected chi connectivity index (χ2v) is 6.67. The molecule has 1 heterocycles. The lowest BCUT2D eigenvalue weighted by Crippen LogP contribution is -2.26. The van der Waals surface area contributed by atoms with Crippen LogP contribution in [0.3, 0.4) is 0 Å². The van der Waals surface area contributed by atoms with Gasteiger partial charge in [0.2, 0.25) is 5.91 Å². The van der Waals surface area contributed by atoms with Gasteiger partial charge in [-0.3, -0.25) is 9.59 Å². The number of rotatable bonds is 6. The van der Waals surface area contributed by atoms with Crippen molar-refractivity contribution in [3.05, 3.63) is 35.1 Å². The maximum atomic E-state index is 13.6. The number of hydrogen-bond donors (Lipinski definition) is 2. The van der Waals surface area contributed by atoms with Gasteiger partial charge in [-0.05, 0) is 43.4 Å². The molecule has 1 fully saturated rings. The van der Waals surface area contributed by atoms with Gasteiger partial charge in [0.15, 0.2) is 5.17 Å². The molecular formula is C15H17FN4O3S. The van der Waals surface area contributed by atoms with Crippen LogP contribution < -0.4 is 5.32 Å². The predicted octanol–water partition coefficient (Wildman–Crippen LogP) is 1.28. The molecular weight excluding hydrogens is 335 g/mol. The summed E-state index contributed by atoms with van der Waals surface area (Å²) in [6.07, 6.45) is 1.10. The third kappa shape index (κ3) is 5.43. The normalized spacial score (nSPS) is 19.4. The summed E-state index contributed by atoms with van der Waals surface area (Å²) in [5.41, 5.74) is 1.35. The van der Waals surface area contributed by atoms with E-state index in [0.717, 1.165) is 17.3 Å². The molecule has 2 N–H and O–H groups in total. The Morgan fingerprint density at radius 1 is 1.46 bits per heavy atom. The summed E-state index contributed by atoms with van der Waals surface area (Å²) in [5.74, 6) is -1.83. The Balaban J connectivity index is 2.05. The summed E-state index contributed by atoms with van der Waals surface area (Å²) in [4.78, 5) is 24.1. The molecule has 24 heavy (non-hydrogen) atoms. The molecule has 0 bridgehead atoms. The van der Waals surface area contributed by atoms with Gasteiger partial charge in [-0.25, -0.2) is 4.39 Å². The number of benzene rings is 1. The summed E-state index contributed by atoms with van der Waals surface area (Å²) in [6, 6.07) is 4.57. The van der Waals surface area contributed by atoms with E-state index >= 15 is 0 Å². The Kier molecular flexibility index (Phi) is 6.04. The van der Waals surface area contributed by atoms with Gasteiger partial charge in [0.25, 0.3) is 0 Å². The van der Waals surface area contributed by atoms with Gasteiger partial charge in [0.05, 0.1) is 12.6 Å². The smallest absolute Gasteiger partial charge is 0.305 e. The van der Waals surface area contributed by atoms with Crippen molar-refractivity contribution >= 4 is 35.0 Å². The molecule has 0 spiro atoms. The average molecular weight is 352 g/mol. The van der Waals surface area contributed by atoms with E-state index in [4.69, 9.17) is 5.11 Å². The van der Waals surface area contributed by atoms with E-state index in [1.165, 1.54) is 18.3 Å². The molecule has 2 rings (SSSR count). The van der Waals surface area contributed by atoms with Crippen molar-refractivity contribution in [2.45, 2.75) is 18.2 Å². The lowest BCUT2D eigenvalue weighted by Gasteiger charge is -2.10. The number of carbonyl (C=O) groups is 2. The van der Waals surface area contributed by atoms with Crippen molar-refractivity contribution in [1.82, 2.24) is 10.2 Å². The van der Waals surface area contributed by atoms with Crippen LogP contribution in [0.2, 0.25) is 0 Å². The van der Waals surface area contributed by atoms with Crippen LogP contribution in [0.5, 0.6) is 0 Å². The highest BCUT2D eigenvalue weighted by atomic mass is 32.2. The van der Waals surface area contributed by atoms with Crippen LogP contribution in [0.25, 0.3) is 0 Å². The van der Waals surface area contributed by atoms with Gasteiger partial charge in [-0.1, -0.05) is 11.8 Å². The summed E-state index contributed by atoms with van der Waals surface area (Å²) >= 11 is 1.01. The van der Waals surface area contributed by atoms with Gasteiger partial charge < -0.3 is 15.3 Å². The number of halogens is 1. The van der Waals surface area contributed by atoms with Crippen molar-refractivity contribution in [3.8, 4) is 0 Å². The molecule has 0 aromatic heterocycles. The molecule has 9 heteroatoms. The number of carboxylic acids is 1. The summed E-state index contributed by atoms with van der Waals surface area (Å²) in [6.45, 7) is 0.593. The number of thioether (sulfide) groups is 1. The lowest BCUT2D eigenvalue weighted by molar-refractivity contribution is -0.138. The third-order valence-corrected chi connectivity index (χ3v) is 4.04. The predicted molar refractivity (Wildman–Crippen MR) is 90.6 cm³/mol. The second-order valence-electron chi connectivity index (χ2n) is 5.47. The van der Waals surface area contributed by atoms with Crippen molar-refractivity contribution in [2.75, 3.05) is 14.1 Å². The number of carboxylic acid groups (broad SMARTS) is 1. The van der Waals surface area contributed by atoms with Crippen LogP contribution in [-0.4, -0.2) is 52.6 Å². The lowest BCUT2D eigenvalue weighted by atomic mass is 10.1. The fourth-order valence-electron chi connectivity index (χ4n) is 2.10. The number of nitrogens with zero attached hydrogens (tertiary/aromatic N) is 3. The first-order valence-corrected chi connectivity index (χ1v) is 7.96. The fourth-order valence-corrected chi connectivity index (χ4v) is 3.01. The minimum Gasteiger partial charge on any atom is -0.481 e. The van der Waals surface area contributed by atoms with E-state index < -0.39 is 17.1 Å². The molecule has 0 saturated carbocycles. The molecule has 7 nitrogen and oxygen atoms in total. The highest BCUT2D eigenvalue weighted by Crippen LogP contribution is 2.22. The molecule has 1 aromatic carbocycles. The van der Waals surface area contributed by atoms with E-state index in [2.05, 4.69) is 15.5 Å². The zero-order valence-corrected chi connectivity index (χ0v) is 14.0. The van der Waals surface area contributed by atoms with Gasteiger partial charge >= 0.3 is 5.97 Å². The molecule has 1 atom stereocenters. The van der Waals surface area contributed by atoms with E-state index in [-0.39, 0.29) is 17.4 Å². The maximum Gasteiger partial charge on any atom is 0.305 e. The van der Waals surface area contributed by atoms with E-state index in [1.807, 2.05) is 19.0 Å². The van der Waals surface area contributed by atoms with Gasteiger partial charge in [0, 0.05) is 6.54 Å². The van der Waals surface area contributed by atoms with Crippen molar-refractivity contribution < 1.29 is 19.1 Å². The average Bonchev–Trinajstić information content (AvgIpc) is 2.77. The zero-order chi connectivity index (χ0) is 17.7. The van der Waals surface area contributed by atoms with Gasteiger partial charge in [-0.15, -0.1) is 5.10 Å². The first kappa shape index (κ1) is 18.1. The molecule has 0 aliphatic carbocycles. The first-order valence-electron chi connectivity index (χ1n) is 7.08. The Morgan fingerprint density at radius 3 is 2.88 bits per heavy atom. The second kappa shape index (κ2) is 8.02. The van der Waals surface area contributed by atoms with Crippen LogP contribution in [0, 0.1) is 5.82 Å². The monoisotopic (exact) mass is 352 g/mol. The fraction of sp³-hybridized carbons (Fsp3) is 0.333. The highest BCUT2D eigenvalue weighted by Gasteiger charge is 2.32. The standard InChI is InChI=1S/C15H17FN4O3S/c1-20(2)8-10-3-9(4-11(16)5-10)7-17-19-15-18-14(23)12(24-15)6-13(21)22/h3-5,7,12H,6,8H2,1-2H3,(H,21,22)(H,18,19,23). The van der Waals surface area contributed by atoms with E-state index in [0.29, 0.717) is 12.1 Å². The minimum atomic E-state index is -1.06. The van der Waals surface area contributed by atoms with Gasteiger partial charge in [-0.2, -0.15) is 5.10 Å². The van der Waals surface area contributed by atoms with Crippen LogP contribution in [0.15, 0.2) is 28.4 Å². The Hall–Kier alpha value is -2.26. The molecule has 128 valence electrons. The summed E-state index contributed by atoms with van der Waals surface area (Å²) in [5, 5.41) is 18.4. The summed E-state index contributed by atoms with van der Waals surface area (Å²) < 4.78 is 13.6. The van der Waals surface area contributed by atoms with E-state index in [9.17, 15) is 14.0 Å². The van der Waals surface area contributed by atoms with Crippen LogP contribution in [0.4, 0.5) is 4.39 Å². The molecule has 1 aliphatic rings. The highest BCUT2D eigenvalue weighted by molar-refractivity contribution is 8.15. The van der Waals surface area contributed by atoms with E-state index in [1.54, 1.807) is 6.07 Å². The Morgan fingerprint density at radius 2 is 2.21 bits per heavy atom. The van der Waals surface area contributed by atoms with Crippen molar-refractivity contribution in [2.24, 2.45) is 10.2 Å². The molecule has 0 radical (unpaired) electrons. The molecule has 1 aliphatic heterocycles. The topological polar surface area (TPSA) is 94.4 Å². The molecule has 1 unspecified atom stereocenters. The Labute approximate surface area is 142 Å². The molecule has 1 aromatic rings. The molecule has 1 saturated heterocycles. The van der Waals surface area contributed by atoms with Crippen LogP contribution >= 0.6 is 11.8 Å². The number of nitrogens with one attached hydrogen (secondary N) is 1. The number of hydrogen-bond acceptors (Lipinski definition) is 6. The van der Waals surface area contributed by atoms with Gasteiger partial charge in [0.1, 0.15) is 11.1 Å². The number of aliphatic carboxylic acids is 1. The largest absolute Gasteiger partial charge is 0.481 e. The van der Waals surface area contributed by atoms with Crippen LogP contribution in [0.1, 0.15) is 17.5 Å². The summed E-state index contributed by atoms with van der Waals surface area (Å²) in [7, 11) is 3.77.